The summed E-state index contributed by atoms with van der Waals surface area (Å²) >= 11 is 5.61. The van der Waals surface area contributed by atoms with Gasteiger partial charge in [0.2, 0.25) is 0 Å². The van der Waals surface area contributed by atoms with E-state index in [4.69, 9.17) is 16.7 Å². The smallest absolute Gasteiger partial charge is 0.395 e. The zero-order valence-corrected chi connectivity index (χ0v) is 10.3. The third kappa shape index (κ3) is 4.36. The van der Waals surface area contributed by atoms with E-state index in [-0.39, 0.29) is 5.02 Å². The molecule has 0 atom stereocenters. The van der Waals surface area contributed by atoms with Gasteiger partial charge < -0.3 is 10.0 Å². The van der Waals surface area contributed by atoms with Gasteiger partial charge in [-0.2, -0.15) is 13.2 Å². The number of carbonyl (C=O) groups excluding carboxylic acids is 1. The highest BCUT2D eigenvalue weighted by Crippen LogP contribution is 2.23. The summed E-state index contributed by atoms with van der Waals surface area (Å²) in [6.07, 6.45) is -4.65. The molecule has 3 nitrogen and oxygen atoms in total. The lowest BCUT2D eigenvalue weighted by Crippen LogP contribution is -2.41. The number of aliphatic hydroxyl groups is 1. The molecule has 0 aliphatic heterocycles. The number of rotatable bonds is 4. The summed E-state index contributed by atoms with van der Waals surface area (Å²) in [6, 6.07) is 3.35. The third-order valence-corrected chi connectivity index (χ3v) is 2.52. The minimum Gasteiger partial charge on any atom is -0.395 e. The lowest BCUT2D eigenvalue weighted by atomic mass is 10.2. The summed E-state index contributed by atoms with van der Waals surface area (Å²) < 4.78 is 50.4. The summed E-state index contributed by atoms with van der Waals surface area (Å²) in [7, 11) is 0. The molecule has 0 heterocycles. The Kier molecular flexibility index (Phi) is 5.13. The molecule has 1 amide bonds. The van der Waals surface area contributed by atoms with Gasteiger partial charge in [0.1, 0.15) is 12.4 Å². The SMILES string of the molecule is O=C(c1c(F)cccc1Cl)N(CCO)CC(F)(F)F. The van der Waals surface area contributed by atoms with Crippen molar-refractivity contribution in [3.8, 4) is 0 Å². The molecule has 0 saturated heterocycles. The van der Waals surface area contributed by atoms with Gasteiger partial charge in [0.25, 0.3) is 5.91 Å². The zero-order chi connectivity index (χ0) is 14.6. The van der Waals surface area contributed by atoms with Crippen LogP contribution in [-0.2, 0) is 0 Å². The molecule has 0 aliphatic carbocycles. The van der Waals surface area contributed by atoms with Gasteiger partial charge in [-0.15, -0.1) is 0 Å². The molecule has 0 aliphatic rings. The molecule has 1 aromatic rings. The van der Waals surface area contributed by atoms with Crippen LogP contribution in [0, 0.1) is 5.82 Å². The highest BCUT2D eigenvalue weighted by Gasteiger charge is 2.34. The molecule has 0 aromatic heterocycles. The maximum atomic E-state index is 13.5. The van der Waals surface area contributed by atoms with Crippen LogP contribution in [0.1, 0.15) is 10.4 Å². The quantitative estimate of drug-likeness (QED) is 0.868. The van der Waals surface area contributed by atoms with Crippen molar-refractivity contribution in [2.45, 2.75) is 6.18 Å². The molecular weight excluding hydrogens is 290 g/mol. The number of benzene rings is 1. The molecule has 8 heteroatoms. The van der Waals surface area contributed by atoms with E-state index in [0.717, 1.165) is 6.07 Å². The van der Waals surface area contributed by atoms with E-state index in [9.17, 15) is 22.4 Å². The van der Waals surface area contributed by atoms with Crippen LogP contribution in [0.5, 0.6) is 0 Å². The predicted molar refractivity (Wildman–Crippen MR) is 60.5 cm³/mol. The Bertz CT molecular complexity index is 444. The van der Waals surface area contributed by atoms with E-state index >= 15 is 0 Å². The first-order valence-corrected chi connectivity index (χ1v) is 5.55. The number of hydrogen-bond donors (Lipinski definition) is 1. The fourth-order valence-corrected chi connectivity index (χ4v) is 1.69. The Labute approximate surface area is 111 Å². The first kappa shape index (κ1) is 15.7. The summed E-state index contributed by atoms with van der Waals surface area (Å²) in [5, 5.41) is 8.40. The maximum absolute atomic E-state index is 13.5. The second-order valence-corrected chi connectivity index (χ2v) is 4.07. The summed E-state index contributed by atoms with van der Waals surface area (Å²) in [5.74, 6) is -2.22. The predicted octanol–water partition coefficient (Wildman–Crippen LogP) is 2.48. The van der Waals surface area contributed by atoms with E-state index in [1.54, 1.807) is 0 Å². The third-order valence-electron chi connectivity index (χ3n) is 2.20. The highest BCUT2D eigenvalue weighted by atomic mass is 35.5. The number of halogens is 5. The molecule has 1 rings (SSSR count). The second-order valence-electron chi connectivity index (χ2n) is 3.66. The lowest BCUT2D eigenvalue weighted by Gasteiger charge is -2.23. The first-order valence-electron chi connectivity index (χ1n) is 5.17. The average molecular weight is 300 g/mol. The monoisotopic (exact) mass is 299 g/mol. The molecule has 0 bridgehead atoms. The Morgan fingerprint density at radius 2 is 2.00 bits per heavy atom. The number of nitrogens with zero attached hydrogens (tertiary/aromatic N) is 1. The van der Waals surface area contributed by atoms with Gasteiger partial charge in [-0.1, -0.05) is 17.7 Å². The van der Waals surface area contributed by atoms with E-state index in [2.05, 4.69) is 0 Å². The first-order chi connectivity index (χ1) is 8.76. The minimum absolute atomic E-state index is 0.282. The van der Waals surface area contributed by atoms with E-state index < -0.39 is 43.2 Å². The van der Waals surface area contributed by atoms with Gasteiger partial charge in [-0.05, 0) is 12.1 Å². The molecule has 19 heavy (non-hydrogen) atoms. The van der Waals surface area contributed by atoms with Crippen LogP contribution >= 0.6 is 11.6 Å². The van der Waals surface area contributed by atoms with Gasteiger partial charge in [0, 0.05) is 6.54 Å². The van der Waals surface area contributed by atoms with Crippen molar-refractivity contribution in [1.82, 2.24) is 4.90 Å². The van der Waals surface area contributed by atoms with Gasteiger partial charge >= 0.3 is 6.18 Å². The fraction of sp³-hybridized carbons (Fsp3) is 0.364. The summed E-state index contributed by atoms with van der Waals surface area (Å²) in [6.45, 7) is -2.83. The molecule has 1 N–H and O–H groups in total. The molecule has 0 radical (unpaired) electrons. The van der Waals surface area contributed by atoms with Crippen molar-refractivity contribution >= 4 is 17.5 Å². The number of amides is 1. The van der Waals surface area contributed by atoms with Crippen LogP contribution in [0.4, 0.5) is 17.6 Å². The van der Waals surface area contributed by atoms with Crippen LogP contribution in [0.15, 0.2) is 18.2 Å². The zero-order valence-electron chi connectivity index (χ0n) is 9.55. The maximum Gasteiger partial charge on any atom is 0.406 e. The Morgan fingerprint density at radius 3 is 2.47 bits per heavy atom. The van der Waals surface area contributed by atoms with Crippen LogP contribution in [0.2, 0.25) is 5.02 Å². The van der Waals surface area contributed by atoms with Gasteiger partial charge in [0.05, 0.1) is 17.2 Å². The molecule has 0 fully saturated rings. The largest absolute Gasteiger partial charge is 0.406 e. The lowest BCUT2D eigenvalue weighted by molar-refractivity contribution is -0.141. The minimum atomic E-state index is -4.65. The van der Waals surface area contributed by atoms with Crippen LogP contribution in [-0.4, -0.2) is 41.8 Å². The average Bonchev–Trinajstić information content (AvgIpc) is 2.26. The van der Waals surface area contributed by atoms with E-state index in [0.29, 0.717) is 4.90 Å². The van der Waals surface area contributed by atoms with Crippen molar-refractivity contribution < 1.29 is 27.5 Å². The highest BCUT2D eigenvalue weighted by molar-refractivity contribution is 6.33. The van der Waals surface area contributed by atoms with Gasteiger partial charge in [0.15, 0.2) is 0 Å². The molecule has 0 saturated carbocycles. The normalized spacial score (nSPS) is 11.5. The number of alkyl halides is 3. The second kappa shape index (κ2) is 6.21. The van der Waals surface area contributed by atoms with Gasteiger partial charge in [-0.3, -0.25) is 4.79 Å². The van der Waals surface area contributed by atoms with Crippen LogP contribution in [0.3, 0.4) is 0 Å². The Hall–Kier alpha value is -1.34. The topological polar surface area (TPSA) is 40.5 Å². The van der Waals surface area contributed by atoms with E-state index in [1.807, 2.05) is 0 Å². The van der Waals surface area contributed by atoms with Crippen molar-refractivity contribution in [3.63, 3.8) is 0 Å². The molecule has 0 spiro atoms. The van der Waals surface area contributed by atoms with E-state index in [1.165, 1.54) is 12.1 Å². The molecule has 0 unspecified atom stereocenters. The van der Waals surface area contributed by atoms with Crippen molar-refractivity contribution in [1.29, 1.82) is 0 Å². The molecular formula is C11H10ClF4NO2. The number of carbonyl (C=O) groups is 1. The Morgan fingerprint density at radius 1 is 1.37 bits per heavy atom. The van der Waals surface area contributed by atoms with Crippen molar-refractivity contribution in [2.24, 2.45) is 0 Å². The molecule has 106 valence electrons. The molecule has 1 aromatic carbocycles. The number of aliphatic hydroxyl groups excluding tert-OH is 1. The van der Waals surface area contributed by atoms with Crippen LogP contribution in [0.25, 0.3) is 0 Å². The van der Waals surface area contributed by atoms with Crippen molar-refractivity contribution in [3.05, 3.63) is 34.6 Å². The number of hydrogen-bond acceptors (Lipinski definition) is 2. The summed E-state index contributed by atoms with van der Waals surface area (Å²) in [4.78, 5) is 12.1. The van der Waals surface area contributed by atoms with Crippen LogP contribution < -0.4 is 0 Å². The van der Waals surface area contributed by atoms with Crippen molar-refractivity contribution in [2.75, 3.05) is 19.7 Å². The van der Waals surface area contributed by atoms with Gasteiger partial charge in [-0.25, -0.2) is 4.39 Å². The standard InChI is InChI=1S/C11H10ClF4NO2/c12-7-2-1-3-8(13)9(7)10(19)17(4-5-18)6-11(14,15)16/h1-3,18H,4-6H2. The fourth-order valence-electron chi connectivity index (χ4n) is 1.45. The summed E-state index contributed by atoms with van der Waals surface area (Å²) in [5.41, 5.74) is -0.637. The Balaban J connectivity index is 3.06.